The molecule has 102 valence electrons. The van der Waals surface area contributed by atoms with Crippen LogP contribution in [0.4, 0.5) is 5.69 Å². The van der Waals surface area contributed by atoms with Crippen molar-refractivity contribution in [2.45, 2.75) is 0 Å². The number of benzene rings is 2. The summed E-state index contributed by atoms with van der Waals surface area (Å²) >= 11 is 2.20. The van der Waals surface area contributed by atoms with Crippen LogP contribution in [0.15, 0.2) is 48.5 Å². The van der Waals surface area contributed by atoms with Crippen molar-refractivity contribution in [2.24, 2.45) is 0 Å². The van der Waals surface area contributed by atoms with Crippen molar-refractivity contribution < 1.29 is 14.3 Å². The van der Waals surface area contributed by atoms with Gasteiger partial charge in [-0.3, -0.25) is 9.59 Å². The zero-order chi connectivity index (χ0) is 14.4. The molecule has 0 radical (unpaired) electrons. The molecule has 0 bridgehead atoms. The lowest BCUT2D eigenvalue weighted by molar-refractivity contribution is -0.118. The van der Waals surface area contributed by atoms with Gasteiger partial charge in [0.15, 0.2) is 6.61 Å². The summed E-state index contributed by atoms with van der Waals surface area (Å²) in [7, 11) is 0. The Labute approximate surface area is 130 Å². The molecular weight excluding hydrogens is 369 g/mol. The first kappa shape index (κ1) is 14.5. The molecule has 0 fully saturated rings. The van der Waals surface area contributed by atoms with Gasteiger partial charge in [-0.2, -0.15) is 0 Å². The molecule has 20 heavy (non-hydrogen) atoms. The highest BCUT2D eigenvalue weighted by Gasteiger charge is 2.03. The molecule has 0 aliphatic rings. The predicted octanol–water partition coefficient (Wildman–Crippen LogP) is 3.12. The van der Waals surface area contributed by atoms with Gasteiger partial charge in [-0.05, 0) is 71.1 Å². The maximum absolute atomic E-state index is 11.7. The molecule has 0 spiro atoms. The molecule has 1 N–H and O–H groups in total. The van der Waals surface area contributed by atoms with E-state index in [0.717, 1.165) is 15.5 Å². The molecule has 2 aromatic carbocycles. The Bertz CT molecular complexity index is 594. The van der Waals surface area contributed by atoms with E-state index in [1.54, 1.807) is 24.3 Å². The van der Waals surface area contributed by atoms with E-state index in [0.29, 0.717) is 11.3 Å². The highest BCUT2D eigenvalue weighted by atomic mass is 127. The first-order chi connectivity index (χ1) is 9.67. The maximum atomic E-state index is 11.7. The van der Waals surface area contributed by atoms with E-state index < -0.39 is 0 Å². The third kappa shape index (κ3) is 4.34. The van der Waals surface area contributed by atoms with Crippen LogP contribution in [0.2, 0.25) is 0 Å². The van der Waals surface area contributed by atoms with Crippen molar-refractivity contribution in [3.05, 3.63) is 57.7 Å². The highest BCUT2D eigenvalue weighted by Crippen LogP contribution is 2.13. The fourth-order valence-corrected chi connectivity index (χ4v) is 1.88. The lowest BCUT2D eigenvalue weighted by Gasteiger charge is -2.07. The van der Waals surface area contributed by atoms with Crippen molar-refractivity contribution in [1.29, 1.82) is 0 Å². The third-order valence-electron chi connectivity index (χ3n) is 2.51. The van der Waals surface area contributed by atoms with E-state index in [9.17, 15) is 9.59 Å². The molecule has 0 unspecified atom stereocenters. The molecule has 2 rings (SSSR count). The zero-order valence-corrected chi connectivity index (χ0v) is 12.7. The third-order valence-corrected chi connectivity index (χ3v) is 3.23. The van der Waals surface area contributed by atoms with Crippen LogP contribution >= 0.6 is 22.6 Å². The molecule has 0 atom stereocenters. The summed E-state index contributed by atoms with van der Waals surface area (Å²) < 4.78 is 6.44. The smallest absolute Gasteiger partial charge is 0.262 e. The molecule has 4 nitrogen and oxygen atoms in total. The Morgan fingerprint density at radius 2 is 1.75 bits per heavy atom. The quantitative estimate of drug-likeness (QED) is 0.640. The van der Waals surface area contributed by atoms with Crippen LogP contribution in [-0.2, 0) is 4.79 Å². The normalized spacial score (nSPS) is 9.85. The van der Waals surface area contributed by atoms with Crippen LogP contribution in [-0.4, -0.2) is 18.8 Å². The van der Waals surface area contributed by atoms with Crippen LogP contribution in [0.1, 0.15) is 10.4 Å². The summed E-state index contributed by atoms with van der Waals surface area (Å²) in [6.07, 6.45) is 0.757. The van der Waals surface area contributed by atoms with Gasteiger partial charge in [0.2, 0.25) is 0 Å². The Kier molecular flexibility index (Phi) is 5.11. The highest BCUT2D eigenvalue weighted by molar-refractivity contribution is 14.1. The van der Waals surface area contributed by atoms with Gasteiger partial charge in [-0.25, -0.2) is 0 Å². The predicted molar refractivity (Wildman–Crippen MR) is 85.1 cm³/mol. The van der Waals surface area contributed by atoms with Gasteiger partial charge in [0.05, 0.1) is 0 Å². The molecule has 0 saturated carbocycles. The monoisotopic (exact) mass is 381 g/mol. The Morgan fingerprint density at radius 1 is 1.10 bits per heavy atom. The van der Waals surface area contributed by atoms with Gasteiger partial charge in [0.25, 0.3) is 5.91 Å². The number of rotatable bonds is 5. The summed E-state index contributed by atoms with van der Waals surface area (Å²) in [6, 6.07) is 14.1. The van der Waals surface area contributed by atoms with Crippen molar-refractivity contribution in [3.63, 3.8) is 0 Å². The molecule has 5 heteroatoms. The van der Waals surface area contributed by atoms with E-state index >= 15 is 0 Å². The summed E-state index contributed by atoms with van der Waals surface area (Å²) in [5, 5.41) is 2.74. The second kappa shape index (κ2) is 7.04. The molecule has 0 heterocycles. The van der Waals surface area contributed by atoms with Crippen molar-refractivity contribution in [2.75, 3.05) is 11.9 Å². The Balaban J connectivity index is 1.85. The molecule has 0 aromatic heterocycles. The molecule has 0 aliphatic carbocycles. The number of halogens is 1. The van der Waals surface area contributed by atoms with Gasteiger partial charge in [-0.15, -0.1) is 0 Å². The fraction of sp³-hybridized carbons (Fsp3) is 0.0667. The minimum Gasteiger partial charge on any atom is -0.484 e. The Hall–Kier alpha value is -1.89. The van der Waals surface area contributed by atoms with Crippen LogP contribution in [0.25, 0.3) is 0 Å². The van der Waals surface area contributed by atoms with E-state index in [4.69, 9.17) is 4.74 Å². The molecule has 1 amide bonds. The Morgan fingerprint density at radius 3 is 2.35 bits per heavy atom. The second-order valence-corrected chi connectivity index (χ2v) is 5.28. The van der Waals surface area contributed by atoms with Gasteiger partial charge in [0, 0.05) is 14.8 Å². The first-order valence-corrected chi connectivity index (χ1v) is 6.99. The summed E-state index contributed by atoms with van der Waals surface area (Å²) in [5.41, 5.74) is 1.30. The number of aldehydes is 1. The number of carbonyl (C=O) groups excluding carboxylic acids is 2. The molecule has 0 saturated heterocycles. The largest absolute Gasteiger partial charge is 0.484 e. The maximum Gasteiger partial charge on any atom is 0.262 e. The number of anilines is 1. The van der Waals surface area contributed by atoms with E-state index in [-0.39, 0.29) is 12.5 Å². The lowest BCUT2D eigenvalue weighted by atomic mass is 10.2. The summed E-state index contributed by atoms with van der Waals surface area (Å²) in [5.74, 6) is 0.319. The van der Waals surface area contributed by atoms with Crippen molar-refractivity contribution in [1.82, 2.24) is 0 Å². The van der Waals surface area contributed by atoms with Gasteiger partial charge in [-0.1, -0.05) is 0 Å². The number of amides is 1. The zero-order valence-electron chi connectivity index (χ0n) is 10.5. The topological polar surface area (TPSA) is 55.4 Å². The molecule has 2 aromatic rings. The molecular formula is C15H12INO3. The number of carbonyl (C=O) groups is 2. The summed E-state index contributed by atoms with van der Waals surface area (Å²) in [6.45, 7) is -0.0770. The van der Waals surface area contributed by atoms with E-state index in [1.807, 2.05) is 24.3 Å². The standard InChI is InChI=1S/C15H12INO3/c16-12-3-5-13(6-4-12)17-15(19)10-20-14-7-1-11(9-18)2-8-14/h1-9H,10H2,(H,17,19). The SMILES string of the molecule is O=Cc1ccc(OCC(=O)Nc2ccc(I)cc2)cc1. The minimum atomic E-state index is -0.231. The lowest BCUT2D eigenvalue weighted by Crippen LogP contribution is -2.20. The van der Waals surface area contributed by atoms with Crippen LogP contribution in [0.5, 0.6) is 5.75 Å². The minimum absolute atomic E-state index is 0.0770. The number of hydrogen-bond donors (Lipinski definition) is 1. The van der Waals surface area contributed by atoms with E-state index in [2.05, 4.69) is 27.9 Å². The molecule has 0 aliphatic heterocycles. The van der Waals surface area contributed by atoms with Gasteiger partial charge in [0.1, 0.15) is 12.0 Å². The van der Waals surface area contributed by atoms with Crippen molar-refractivity contribution >= 4 is 40.5 Å². The van der Waals surface area contributed by atoms with Crippen LogP contribution in [0.3, 0.4) is 0 Å². The van der Waals surface area contributed by atoms with Crippen LogP contribution in [0, 0.1) is 3.57 Å². The number of hydrogen-bond acceptors (Lipinski definition) is 3. The van der Waals surface area contributed by atoms with Gasteiger partial charge >= 0.3 is 0 Å². The number of ether oxygens (including phenoxy) is 1. The van der Waals surface area contributed by atoms with Crippen LogP contribution < -0.4 is 10.1 Å². The first-order valence-electron chi connectivity index (χ1n) is 5.91. The van der Waals surface area contributed by atoms with Crippen molar-refractivity contribution in [3.8, 4) is 5.75 Å². The summed E-state index contributed by atoms with van der Waals surface area (Å²) in [4.78, 5) is 22.2. The van der Waals surface area contributed by atoms with Gasteiger partial charge < -0.3 is 10.1 Å². The van der Waals surface area contributed by atoms with E-state index in [1.165, 1.54) is 0 Å². The average molecular weight is 381 g/mol. The fourth-order valence-electron chi connectivity index (χ4n) is 1.52. The second-order valence-electron chi connectivity index (χ2n) is 4.03. The number of nitrogens with one attached hydrogen (secondary N) is 1. The average Bonchev–Trinajstić information content (AvgIpc) is 2.48.